The summed E-state index contributed by atoms with van der Waals surface area (Å²) in [6.07, 6.45) is 5.13. The molecule has 3 aromatic rings. The minimum absolute atomic E-state index is 0.0453. The second-order valence-corrected chi connectivity index (χ2v) is 8.30. The summed E-state index contributed by atoms with van der Waals surface area (Å²) < 4.78 is 3.59. The molecule has 0 aromatic carbocycles. The van der Waals surface area contributed by atoms with Crippen LogP contribution in [-0.2, 0) is 6.54 Å². The Kier molecular flexibility index (Phi) is 3.33. The highest BCUT2D eigenvalue weighted by atomic mass is 32.1. The van der Waals surface area contributed by atoms with Gasteiger partial charge in [-0.2, -0.15) is 0 Å². The van der Waals surface area contributed by atoms with Gasteiger partial charge in [-0.05, 0) is 32.1 Å². The lowest BCUT2D eigenvalue weighted by Crippen LogP contribution is -2.18. The number of aryl methyl sites for hydroxylation is 1. The van der Waals surface area contributed by atoms with Crippen molar-refractivity contribution in [2.24, 2.45) is 5.92 Å². The average molecular weight is 357 g/mol. The molecule has 0 radical (unpaired) electrons. The third-order valence-electron chi connectivity index (χ3n) is 5.25. The first-order valence-electron chi connectivity index (χ1n) is 8.67. The van der Waals surface area contributed by atoms with Gasteiger partial charge in [0, 0.05) is 35.1 Å². The predicted molar refractivity (Wildman–Crippen MR) is 93.1 cm³/mol. The summed E-state index contributed by atoms with van der Waals surface area (Å²) in [6.45, 7) is 2.69. The van der Waals surface area contributed by atoms with Crippen molar-refractivity contribution >= 4 is 16.3 Å². The predicted octanol–water partition coefficient (Wildman–Crippen LogP) is 1.68. The van der Waals surface area contributed by atoms with Gasteiger partial charge in [0.25, 0.3) is 5.56 Å². The van der Waals surface area contributed by atoms with E-state index in [2.05, 4.69) is 10.3 Å². The molecule has 2 aliphatic rings. The summed E-state index contributed by atoms with van der Waals surface area (Å²) in [6, 6.07) is 1.61. The fraction of sp³-hybridized carbons (Fsp3) is 0.529. The maximum absolute atomic E-state index is 12.7. The zero-order valence-electron chi connectivity index (χ0n) is 13.9. The second kappa shape index (κ2) is 5.47. The second-order valence-electron chi connectivity index (χ2n) is 7.12. The summed E-state index contributed by atoms with van der Waals surface area (Å²) >= 11 is 1.55. The molecule has 0 spiro atoms. The van der Waals surface area contributed by atoms with E-state index in [1.54, 1.807) is 21.8 Å². The van der Waals surface area contributed by atoms with E-state index >= 15 is 0 Å². The van der Waals surface area contributed by atoms with Crippen molar-refractivity contribution < 1.29 is 5.11 Å². The van der Waals surface area contributed by atoms with Crippen molar-refractivity contribution in [1.82, 2.24) is 24.4 Å². The van der Waals surface area contributed by atoms with E-state index in [1.807, 2.05) is 17.8 Å². The first kappa shape index (κ1) is 15.2. The molecular weight excluding hydrogens is 338 g/mol. The minimum Gasteiger partial charge on any atom is -0.396 e. The highest BCUT2D eigenvalue weighted by Crippen LogP contribution is 2.49. The quantitative estimate of drug-likeness (QED) is 0.751. The number of fused-ring (bicyclic) bond motifs is 1. The Balaban J connectivity index is 1.53. The van der Waals surface area contributed by atoms with Crippen LogP contribution in [0.5, 0.6) is 0 Å². The molecule has 130 valence electrons. The number of hydrogen-bond acceptors (Lipinski definition) is 6. The minimum atomic E-state index is -0.0453. The molecule has 7 nitrogen and oxygen atoms in total. The zero-order chi connectivity index (χ0) is 17.1. The Bertz CT molecular complexity index is 1020. The van der Waals surface area contributed by atoms with E-state index in [9.17, 15) is 9.90 Å². The average Bonchev–Trinajstić information content (AvgIpc) is 3.49. The van der Waals surface area contributed by atoms with Crippen LogP contribution in [0.3, 0.4) is 0 Å². The van der Waals surface area contributed by atoms with Crippen molar-refractivity contribution in [2.45, 2.75) is 44.6 Å². The lowest BCUT2D eigenvalue weighted by molar-refractivity contribution is 0.273. The molecule has 0 aliphatic heterocycles. The van der Waals surface area contributed by atoms with Crippen molar-refractivity contribution in [3.63, 3.8) is 0 Å². The van der Waals surface area contributed by atoms with Crippen LogP contribution in [0.15, 0.2) is 17.1 Å². The topological polar surface area (TPSA) is 85.3 Å². The van der Waals surface area contributed by atoms with E-state index in [0.717, 1.165) is 33.3 Å². The van der Waals surface area contributed by atoms with Gasteiger partial charge >= 0.3 is 0 Å². The first-order valence-corrected chi connectivity index (χ1v) is 9.48. The normalized spacial score (nSPS) is 22.6. The number of rotatable bonds is 5. The first-order chi connectivity index (χ1) is 12.2. The van der Waals surface area contributed by atoms with Gasteiger partial charge in [0.2, 0.25) is 0 Å². The third kappa shape index (κ3) is 2.51. The molecule has 2 fully saturated rings. The van der Waals surface area contributed by atoms with Crippen LogP contribution in [0, 0.1) is 12.8 Å². The van der Waals surface area contributed by atoms with E-state index in [1.165, 1.54) is 12.8 Å². The Morgan fingerprint density at radius 2 is 2.24 bits per heavy atom. The van der Waals surface area contributed by atoms with Gasteiger partial charge in [-0.25, -0.2) is 9.67 Å². The summed E-state index contributed by atoms with van der Waals surface area (Å²) in [5, 5.41) is 17.5. The smallest absolute Gasteiger partial charge is 0.259 e. The fourth-order valence-electron chi connectivity index (χ4n) is 3.67. The third-order valence-corrected chi connectivity index (χ3v) is 6.22. The standard InChI is InChI=1S/C17H19N5O2S/c1-9-16(13-4-11(13)8-23)22-15(24)5-12(19-17(22)25-9)7-21-14(6-18-20-21)10-2-3-10/h5-6,10-11,13,23H,2-4,7-8H2,1H3. The number of thiazole rings is 1. The SMILES string of the molecule is Cc1sc2nc(Cn3nncc3C3CC3)cc(=O)n2c1C1CC1CO. The van der Waals surface area contributed by atoms with Gasteiger partial charge in [-0.1, -0.05) is 5.21 Å². The summed E-state index contributed by atoms with van der Waals surface area (Å²) in [5.41, 5.74) is 2.84. The van der Waals surface area contributed by atoms with Gasteiger partial charge in [0.1, 0.15) is 0 Å². The van der Waals surface area contributed by atoms with Crippen LogP contribution in [0.4, 0.5) is 0 Å². The van der Waals surface area contributed by atoms with Crippen molar-refractivity contribution in [1.29, 1.82) is 0 Å². The lowest BCUT2D eigenvalue weighted by atomic mass is 10.2. The van der Waals surface area contributed by atoms with Crippen molar-refractivity contribution in [2.75, 3.05) is 6.61 Å². The Morgan fingerprint density at radius 1 is 1.40 bits per heavy atom. The molecule has 8 heteroatoms. The molecule has 3 aromatic heterocycles. The Hall–Kier alpha value is -2.06. The number of aliphatic hydroxyl groups is 1. The van der Waals surface area contributed by atoms with Crippen LogP contribution >= 0.6 is 11.3 Å². The van der Waals surface area contributed by atoms with Gasteiger partial charge in [0.05, 0.1) is 24.1 Å². The largest absolute Gasteiger partial charge is 0.396 e. The molecular formula is C17H19N5O2S. The number of nitrogens with zero attached hydrogens (tertiary/aromatic N) is 5. The molecule has 0 amide bonds. The van der Waals surface area contributed by atoms with E-state index in [4.69, 9.17) is 4.98 Å². The molecule has 0 saturated heterocycles. The lowest BCUT2D eigenvalue weighted by Gasteiger charge is -2.06. The molecule has 2 aliphatic carbocycles. The molecule has 2 saturated carbocycles. The summed E-state index contributed by atoms with van der Waals surface area (Å²) in [4.78, 5) is 19.3. The van der Waals surface area contributed by atoms with E-state index in [-0.39, 0.29) is 24.0 Å². The molecule has 2 unspecified atom stereocenters. The molecule has 1 N–H and O–H groups in total. The van der Waals surface area contributed by atoms with Gasteiger partial charge in [-0.3, -0.25) is 9.20 Å². The van der Waals surface area contributed by atoms with Crippen LogP contribution in [0.25, 0.3) is 4.96 Å². The maximum atomic E-state index is 12.7. The number of hydrogen-bond donors (Lipinski definition) is 1. The van der Waals surface area contributed by atoms with Crippen LogP contribution < -0.4 is 5.56 Å². The number of aromatic nitrogens is 5. The zero-order valence-corrected chi connectivity index (χ0v) is 14.7. The van der Waals surface area contributed by atoms with E-state index in [0.29, 0.717) is 12.5 Å². The Morgan fingerprint density at radius 3 is 2.96 bits per heavy atom. The van der Waals surface area contributed by atoms with Crippen molar-refractivity contribution in [3.05, 3.63) is 44.6 Å². The maximum Gasteiger partial charge on any atom is 0.259 e. The molecule has 25 heavy (non-hydrogen) atoms. The molecule has 3 heterocycles. The fourth-order valence-corrected chi connectivity index (χ4v) is 4.74. The van der Waals surface area contributed by atoms with E-state index < -0.39 is 0 Å². The highest BCUT2D eigenvalue weighted by Gasteiger charge is 2.41. The molecule has 0 bridgehead atoms. The molecule has 5 rings (SSSR count). The highest BCUT2D eigenvalue weighted by molar-refractivity contribution is 7.17. The van der Waals surface area contributed by atoms with Crippen LogP contribution in [0.2, 0.25) is 0 Å². The summed E-state index contributed by atoms with van der Waals surface area (Å²) in [7, 11) is 0. The van der Waals surface area contributed by atoms with Gasteiger partial charge in [0.15, 0.2) is 4.96 Å². The monoisotopic (exact) mass is 357 g/mol. The number of aliphatic hydroxyl groups excluding tert-OH is 1. The van der Waals surface area contributed by atoms with Crippen molar-refractivity contribution in [3.8, 4) is 0 Å². The Labute approximate surface area is 148 Å². The van der Waals surface area contributed by atoms with Gasteiger partial charge < -0.3 is 5.11 Å². The summed E-state index contributed by atoms with van der Waals surface area (Å²) in [5.74, 6) is 1.11. The van der Waals surface area contributed by atoms with Crippen LogP contribution in [0.1, 0.15) is 53.1 Å². The molecule has 2 atom stereocenters. The van der Waals surface area contributed by atoms with Gasteiger partial charge in [-0.15, -0.1) is 16.4 Å². The van der Waals surface area contributed by atoms with Crippen LogP contribution in [-0.4, -0.2) is 36.1 Å².